The lowest BCUT2D eigenvalue weighted by atomic mass is 10.0. The Kier molecular flexibility index (Phi) is 4.92. The second kappa shape index (κ2) is 7.25. The van der Waals surface area contributed by atoms with Gasteiger partial charge in [-0.3, -0.25) is 4.79 Å². The predicted octanol–water partition coefficient (Wildman–Crippen LogP) is 5.62. The molecule has 10 heteroatoms. The number of thiophene rings is 1. The molecule has 2 atom stereocenters. The van der Waals surface area contributed by atoms with E-state index in [4.69, 9.17) is 0 Å². The lowest BCUT2D eigenvalue weighted by Gasteiger charge is -2.32. The number of benzene rings is 1. The van der Waals surface area contributed by atoms with Crippen LogP contribution in [0.2, 0.25) is 0 Å². The highest BCUT2D eigenvalue weighted by Gasteiger charge is 2.47. The zero-order valence-electron chi connectivity index (χ0n) is 14.2. The second-order valence-electron chi connectivity index (χ2n) is 6.33. The summed E-state index contributed by atoms with van der Waals surface area (Å²) in [7, 11) is 0. The molecule has 0 aliphatic carbocycles. The Hall–Kier alpha value is -2.33. The molecule has 1 amide bonds. The number of amides is 1. The van der Waals surface area contributed by atoms with E-state index in [-0.39, 0.29) is 17.9 Å². The number of halogens is 4. The molecular formula is C18H14BrF3N4OS. The third-order valence-corrected chi connectivity index (χ3v) is 5.93. The first-order valence-corrected chi connectivity index (χ1v) is 10.0. The quantitative estimate of drug-likeness (QED) is 0.522. The smallest absolute Gasteiger partial charge is 0.363 e. The van der Waals surface area contributed by atoms with Gasteiger partial charge in [0.2, 0.25) is 0 Å². The molecule has 0 unspecified atom stereocenters. The fourth-order valence-corrected chi connectivity index (χ4v) is 4.14. The molecule has 0 saturated heterocycles. The van der Waals surface area contributed by atoms with Crippen LogP contribution in [0.4, 0.5) is 24.7 Å². The van der Waals surface area contributed by atoms with Crippen LogP contribution in [-0.4, -0.2) is 21.9 Å². The highest BCUT2D eigenvalue weighted by molar-refractivity contribution is 9.10. The summed E-state index contributed by atoms with van der Waals surface area (Å²) < 4.78 is 42.6. The molecule has 5 nitrogen and oxygen atoms in total. The van der Waals surface area contributed by atoms with Crippen molar-refractivity contribution in [3.8, 4) is 0 Å². The minimum absolute atomic E-state index is 0.0773. The SMILES string of the molecule is O=C(Nc1ccc(Br)cc1)c1cc2n(n1)[C@H](C(F)(F)F)C[C@@H](c1cccs1)N2. The molecule has 4 rings (SSSR count). The summed E-state index contributed by atoms with van der Waals surface area (Å²) in [6, 6.07) is 9.52. The molecule has 0 saturated carbocycles. The lowest BCUT2D eigenvalue weighted by Crippen LogP contribution is -2.35. The number of hydrogen-bond acceptors (Lipinski definition) is 4. The van der Waals surface area contributed by atoms with E-state index in [0.29, 0.717) is 5.69 Å². The minimum Gasteiger partial charge on any atom is -0.363 e. The molecule has 0 bridgehead atoms. The lowest BCUT2D eigenvalue weighted by molar-refractivity contribution is -0.173. The van der Waals surface area contributed by atoms with Crippen LogP contribution in [0.15, 0.2) is 52.3 Å². The average Bonchev–Trinajstić information content (AvgIpc) is 3.31. The van der Waals surface area contributed by atoms with E-state index in [1.165, 1.54) is 17.4 Å². The Labute approximate surface area is 170 Å². The van der Waals surface area contributed by atoms with Crippen molar-refractivity contribution in [2.75, 3.05) is 10.6 Å². The highest BCUT2D eigenvalue weighted by atomic mass is 79.9. The Morgan fingerprint density at radius 2 is 2.04 bits per heavy atom. The molecule has 0 spiro atoms. The Balaban J connectivity index is 1.63. The van der Waals surface area contributed by atoms with Crippen LogP contribution in [0.25, 0.3) is 0 Å². The van der Waals surface area contributed by atoms with Crippen LogP contribution in [0.5, 0.6) is 0 Å². The van der Waals surface area contributed by atoms with E-state index >= 15 is 0 Å². The van der Waals surface area contributed by atoms with Gasteiger partial charge in [0.1, 0.15) is 5.82 Å². The summed E-state index contributed by atoms with van der Waals surface area (Å²) >= 11 is 4.69. The average molecular weight is 471 g/mol. The predicted molar refractivity (Wildman–Crippen MR) is 105 cm³/mol. The minimum atomic E-state index is -4.47. The molecule has 3 heterocycles. The summed E-state index contributed by atoms with van der Waals surface area (Å²) in [5.41, 5.74) is 0.447. The van der Waals surface area contributed by atoms with Gasteiger partial charge < -0.3 is 10.6 Å². The Morgan fingerprint density at radius 1 is 1.29 bits per heavy atom. The number of nitrogens with one attached hydrogen (secondary N) is 2. The number of alkyl halides is 3. The van der Waals surface area contributed by atoms with Crippen LogP contribution < -0.4 is 10.6 Å². The van der Waals surface area contributed by atoms with Crippen molar-refractivity contribution in [2.24, 2.45) is 0 Å². The largest absolute Gasteiger partial charge is 0.410 e. The number of aromatic nitrogens is 2. The summed E-state index contributed by atoms with van der Waals surface area (Å²) in [6.07, 6.45) is -4.66. The fourth-order valence-electron chi connectivity index (χ4n) is 3.09. The third kappa shape index (κ3) is 3.79. The Bertz CT molecular complexity index is 985. The first-order valence-electron chi connectivity index (χ1n) is 8.34. The van der Waals surface area contributed by atoms with Crippen molar-refractivity contribution < 1.29 is 18.0 Å². The molecule has 1 aromatic carbocycles. The van der Waals surface area contributed by atoms with Crippen molar-refractivity contribution in [3.63, 3.8) is 0 Å². The molecule has 0 fully saturated rings. The molecule has 2 N–H and O–H groups in total. The van der Waals surface area contributed by atoms with Crippen molar-refractivity contribution >= 4 is 44.7 Å². The summed E-state index contributed by atoms with van der Waals surface area (Å²) in [5, 5.41) is 11.5. The standard InChI is InChI=1S/C18H14BrF3N4OS/c19-10-3-5-11(6-4-10)23-17(27)13-9-16-24-12(14-2-1-7-28-14)8-15(18(20,21)22)26(16)25-13/h1-7,9,12,15,24H,8H2,(H,23,27)/t12-,15-/m0/s1. The molecular weight excluding hydrogens is 457 g/mol. The third-order valence-electron chi connectivity index (χ3n) is 4.41. The number of fused-ring (bicyclic) bond motifs is 1. The van der Waals surface area contributed by atoms with E-state index in [1.54, 1.807) is 36.4 Å². The molecule has 146 valence electrons. The van der Waals surface area contributed by atoms with Crippen molar-refractivity contribution in [1.82, 2.24) is 9.78 Å². The van der Waals surface area contributed by atoms with Crippen molar-refractivity contribution in [1.29, 1.82) is 0 Å². The van der Waals surface area contributed by atoms with Crippen LogP contribution in [0, 0.1) is 0 Å². The number of rotatable bonds is 3. The number of hydrogen-bond donors (Lipinski definition) is 2. The van der Waals surface area contributed by atoms with Gasteiger partial charge in [0.05, 0.1) is 6.04 Å². The number of anilines is 2. The topological polar surface area (TPSA) is 59.0 Å². The molecule has 1 aliphatic rings. The molecule has 3 aromatic rings. The number of carbonyl (C=O) groups excluding carboxylic acids is 1. The first-order chi connectivity index (χ1) is 13.3. The van der Waals surface area contributed by atoms with Crippen LogP contribution in [0.3, 0.4) is 0 Å². The van der Waals surface area contributed by atoms with E-state index in [1.807, 2.05) is 5.38 Å². The van der Waals surface area contributed by atoms with E-state index in [0.717, 1.165) is 14.0 Å². The maximum Gasteiger partial charge on any atom is 0.410 e. The number of nitrogens with zero attached hydrogens (tertiary/aromatic N) is 2. The van der Waals surface area contributed by atoms with E-state index < -0.39 is 24.2 Å². The fraction of sp³-hybridized carbons (Fsp3) is 0.222. The van der Waals surface area contributed by atoms with Gasteiger partial charge >= 0.3 is 6.18 Å². The van der Waals surface area contributed by atoms with Gasteiger partial charge in [-0.25, -0.2) is 4.68 Å². The Morgan fingerprint density at radius 3 is 2.68 bits per heavy atom. The van der Waals surface area contributed by atoms with Gasteiger partial charge in [-0.1, -0.05) is 22.0 Å². The van der Waals surface area contributed by atoms with Gasteiger partial charge in [-0.05, 0) is 35.7 Å². The van der Waals surface area contributed by atoms with Gasteiger partial charge in [0.25, 0.3) is 5.91 Å². The number of carbonyl (C=O) groups is 1. The summed E-state index contributed by atoms with van der Waals surface area (Å²) in [6.45, 7) is 0. The summed E-state index contributed by atoms with van der Waals surface area (Å²) in [4.78, 5) is 13.3. The van der Waals surface area contributed by atoms with Crippen molar-refractivity contribution in [3.05, 3.63) is 62.9 Å². The van der Waals surface area contributed by atoms with Crippen LogP contribution >= 0.6 is 27.3 Å². The highest BCUT2D eigenvalue weighted by Crippen LogP contribution is 2.44. The maximum absolute atomic E-state index is 13.6. The zero-order chi connectivity index (χ0) is 19.9. The molecule has 0 radical (unpaired) electrons. The second-order valence-corrected chi connectivity index (χ2v) is 8.22. The molecule has 28 heavy (non-hydrogen) atoms. The molecule has 1 aliphatic heterocycles. The maximum atomic E-state index is 13.6. The molecule has 2 aromatic heterocycles. The first kappa shape index (κ1) is 19.0. The van der Waals surface area contributed by atoms with Gasteiger partial charge in [-0.2, -0.15) is 18.3 Å². The van der Waals surface area contributed by atoms with Gasteiger partial charge in [-0.15, -0.1) is 11.3 Å². The van der Waals surface area contributed by atoms with E-state index in [9.17, 15) is 18.0 Å². The normalized spacial score (nSPS) is 19.0. The van der Waals surface area contributed by atoms with Gasteiger partial charge in [0.15, 0.2) is 11.7 Å². The van der Waals surface area contributed by atoms with E-state index in [2.05, 4.69) is 31.7 Å². The van der Waals surface area contributed by atoms with Crippen molar-refractivity contribution in [2.45, 2.75) is 24.7 Å². The van der Waals surface area contributed by atoms with Gasteiger partial charge in [0, 0.05) is 27.5 Å². The monoisotopic (exact) mass is 470 g/mol. The summed E-state index contributed by atoms with van der Waals surface area (Å²) in [5.74, 6) is -0.396. The van der Waals surface area contributed by atoms with Crippen LogP contribution in [0.1, 0.15) is 33.9 Å². The van der Waals surface area contributed by atoms with Crippen LogP contribution in [-0.2, 0) is 0 Å². The zero-order valence-corrected chi connectivity index (χ0v) is 16.6.